The molecule has 0 aromatic heterocycles. The fourth-order valence-electron chi connectivity index (χ4n) is 2.46. The van der Waals surface area contributed by atoms with Crippen LogP contribution in [-0.4, -0.2) is 87.3 Å². The van der Waals surface area contributed by atoms with Crippen LogP contribution in [0.2, 0.25) is 0 Å². The Balaban J connectivity index is 5.39. The molecule has 0 saturated heterocycles. The molecule has 0 aliphatic rings. The first-order valence-electron chi connectivity index (χ1n) is 9.60. The summed E-state index contributed by atoms with van der Waals surface area (Å²) in [5.74, 6) is -5.28. The van der Waals surface area contributed by atoms with E-state index >= 15 is 0 Å². The van der Waals surface area contributed by atoms with Gasteiger partial charge in [0, 0.05) is 0 Å². The molecule has 8 N–H and O–H groups in total. The minimum Gasteiger partial charge on any atom is -0.481 e. The van der Waals surface area contributed by atoms with Gasteiger partial charge in [-0.1, -0.05) is 13.8 Å². The lowest BCUT2D eigenvalue weighted by atomic mass is 10.0. The van der Waals surface area contributed by atoms with Gasteiger partial charge in [-0.2, -0.15) is 11.8 Å². The van der Waals surface area contributed by atoms with Crippen LogP contribution in [0.5, 0.6) is 0 Å². The van der Waals surface area contributed by atoms with E-state index in [1.807, 2.05) is 6.26 Å². The van der Waals surface area contributed by atoms with Crippen molar-refractivity contribution in [1.29, 1.82) is 0 Å². The molecule has 0 heterocycles. The molecule has 3 amide bonds. The summed E-state index contributed by atoms with van der Waals surface area (Å²) >= 11 is 1.47. The number of aliphatic hydroxyl groups excluding tert-OH is 1. The molecule has 5 atom stereocenters. The Kier molecular flexibility index (Phi) is 12.8. The van der Waals surface area contributed by atoms with Crippen LogP contribution in [0.3, 0.4) is 0 Å². The summed E-state index contributed by atoms with van der Waals surface area (Å²) in [7, 11) is 0. The number of carboxylic acid groups (broad SMARTS) is 2. The van der Waals surface area contributed by atoms with E-state index in [2.05, 4.69) is 16.0 Å². The highest BCUT2D eigenvalue weighted by Gasteiger charge is 2.33. The maximum absolute atomic E-state index is 12.6. The van der Waals surface area contributed by atoms with Crippen molar-refractivity contribution in [3.8, 4) is 0 Å². The van der Waals surface area contributed by atoms with Gasteiger partial charge in [0.05, 0.1) is 18.6 Å². The molecule has 12 nitrogen and oxygen atoms in total. The summed E-state index contributed by atoms with van der Waals surface area (Å²) in [6.07, 6.45) is 0.00717. The third-order valence-electron chi connectivity index (χ3n) is 4.27. The van der Waals surface area contributed by atoms with Crippen molar-refractivity contribution in [3.63, 3.8) is 0 Å². The molecule has 0 saturated carbocycles. The Hall–Kier alpha value is -2.38. The smallest absolute Gasteiger partial charge is 0.328 e. The van der Waals surface area contributed by atoms with Crippen molar-refractivity contribution in [2.24, 2.45) is 11.7 Å². The number of carbonyl (C=O) groups excluding carboxylic acids is 3. The first-order valence-corrected chi connectivity index (χ1v) is 11.0. The number of aliphatic carboxylic acids is 2. The molecule has 5 unspecified atom stereocenters. The summed E-state index contributed by atoms with van der Waals surface area (Å²) in [6, 6.07) is -5.28. The van der Waals surface area contributed by atoms with E-state index in [-0.39, 0.29) is 0 Å². The van der Waals surface area contributed by atoms with Crippen LogP contribution >= 0.6 is 11.8 Å². The van der Waals surface area contributed by atoms with Gasteiger partial charge in [0.2, 0.25) is 17.7 Å². The van der Waals surface area contributed by atoms with Gasteiger partial charge in [-0.15, -0.1) is 0 Å². The molecule has 0 aromatic carbocycles. The standard InChI is InChI=1S/C18H32N4O8S/c1-8(2)13(17(28)22-14(9(3)23)18(29)30)21-16(27)11(7-12(24)25)20-15(26)10(19)5-6-31-4/h8-11,13-14,23H,5-7,19H2,1-4H3,(H,20,26)(H,21,27)(H,22,28)(H,24,25)(H,29,30). The number of carboxylic acids is 2. The molecule has 0 aromatic rings. The maximum Gasteiger partial charge on any atom is 0.328 e. The predicted octanol–water partition coefficient (Wildman–Crippen LogP) is -1.88. The quantitative estimate of drug-likeness (QED) is 0.152. The lowest BCUT2D eigenvalue weighted by molar-refractivity contribution is -0.146. The van der Waals surface area contributed by atoms with E-state index < -0.39 is 72.3 Å². The third-order valence-corrected chi connectivity index (χ3v) is 4.92. The summed E-state index contributed by atoms with van der Waals surface area (Å²) in [6.45, 7) is 4.33. The molecule has 0 aliphatic heterocycles. The number of hydrogen-bond donors (Lipinski definition) is 7. The zero-order valence-electron chi connectivity index (χ0n) is 18.0. The number of nitrogens with one attached hydrogen (secondary N) is 3. The minimum absolute atomic E-state index is 0.321. The van der Waals surface area contributed by atoms with Gasteiger partial charge >= 0.3 is 11.9 Å². The topological polar surface area (TPSA) is 208 Å². The second kappa shape index (κ2) is 13.8. The average molecular weight is 465 g/mol. The molecular formula is C18H32N4O8S. The van der Waals surface area contributed by atoms with E-state index in [0.29, 0.717) is 12.2 Å². The van der Waals surface area contributed by atoms with Gasteiger partial charge in [0.25, 0.3) is 0 Å². The van der Waals surface area contributed by atoms with Crippen LogP contribution < -0.4 is 21.7 Å². The zero-order valence-corrected chi connectivity index (χ0v) is 18.8. The first-order chi connectivity index (χ1) is 14.3. The number of thioether (sulfide) groups is 1. The zero-order chi connectivity index (χ0) is 24.3. The molecule has 0 radical (unpaired) electrons. The lowest BCUT2D eigenvalue weighted by Crippen LogP contribution is -2.59. The molecule has 31 heavy (non-hydrogen) atoms. The summed E-state index contributed by atoms with van der Waals surface area (Å²) in [4.78, 5) is 59.7. The molecule has 178 valence electrons. The van der Waals surface area contributed by atoms with Crippen molar-refractivity contribution in [3.05, 3.63) is 0 Å². The van der Waals surface area contributed by atoms with E-state index in [9.17, 15) is 29.1 Å². The summed E-state index contributed by atoms with van der Waals surface area (Å²) in [5.41, 5.74) is 5.74. The van der Waals surface area contributed by atoms with Crippen LogP contribution in [-0.2, 0) is 24.0 Å². The van der Waals surface area contributed by atoms with Gasteiger partial charge in [-0.05, 0) is 31.3 Å². The van der Waals surface area contributed by atoms with Crippen molar-refractivity contribution >= 4 is 41.4 Å². The summed E-state index contributed by atoms with van der Waals surface area (Å²) in [5, 5.41) is 34.5. The number of aliphatic hydroxyl groups is 1. The Labute approximate surface area is 184 Å². The molecule has 0 rings (SSSR count). The van der Waals surface area contributed by atoms with E-state index in [1.54, 1.807) is 13.8 Å². The van der Waals surface area contributed by atoms with E-state index in [4.69, 9.17) is 15.9 Å². The molecule has 0 bridgehead atoms. The normalized spacial score (nSPS) is 15.8. The Morgan fingerprint density at radius 2 is 1.45 bits per heavy atom. The molecule has 13 heteroatoms. The third kappa shape index (κ3) is 10.5. The Morgan fingerprint density at radius 1 is 0.903 bits per heavy atom. The number of hydrogen-bond acceptors (Lipinski definition) is 8. The Bertz CT molecular complexity index is 658. The van der Waals surface area contributed by atoms with Crippen molar-refractivity contribution in [2.75, 3.05) is 12.0 Å². The fraction of sp³-hybridized carbons (Fsp3) is 0.722. The molecule has 0 aliphatic carbocycles. The maximum atomic E-state index is 12.6. The number of amides is 3. The van der Waals surface area contributed by atoms with Crippen molar-refractivity contribution in [1.82, 2.24) is 16.0 Å². The van der Waals surface area contributed by atoms with Gasteiger partial charge in [0.1, 0.15) is 12.1 Å². The highest BCUT2D eigenvalue weighted by molar-refractivity contribution is 7.98. The van der Waals surface area contributed by atoms with E-state index in [0.717, 1.165) is 0 Å². The predicted molar refractivity (Wildman–Crippen MR) is 113 cm³/mol. The van der Waals surface area contributed by atoms with Crippen molar-refractivity contribution in [2.45, 2.75) is 63.9 Å². The highest BCUT2D eigenvalue weighted by Crippen LogP contribution is 2.06. The largest absolute Gasteiger partial charge is 0.481 e. The summed E-state index contributed by atoms with van der Waals surface area (Å²) < 4.78 is 0. The van der Waals surface area contributed by atoms with Crippen LogP contribution in [0.1, 0.15) is 33.6 Å². The SMILES string of the molecule is CSCCC(N)C(=O)NC(CC(=O)O)C(=O)NC(C(=O)NC(C(=O)O)C(C)O)C(C)C. The minimum atomic E-state index is -1.60. The molecule has 0 fully saturated rings. The number of rotatable bonds is 14. The van der Waals surface area contributed by atoms with Gasteiger partial charge in [0.15, 0.2) is 6.04 Å². The van der Waals surface area contributed by atoms with Crippen LogP contribution in [0.4, 0.5) is 0 Å². The van der Waals surface area contributed by atoms with Gasteiger partial charge in [-0.25, -0.2) is 4.79 Å². The molecule has 0 spiro atoms. The second-order valence-corrected chi connectivity index (χ2v) is 8.33. The van der Waals surface area contributed by atoms with Gasteiger partial charge in [-0.3, -0.25) is 19.2 Å². The van der Waals surface area contributed by atoms with Crippen LogP contribution in [0.25, 0.3) is 0 Å². The second-order valence-electron chi connectivity index (χ2n) is 7.34. The van der Waals surface area contributed by atoms with Crippen molar-refractivity contribution < 1.29 is 39.3 Å². The van der Waals surface area contributed by atoms with Crippen LogP contribution in [0.15, 0.2) is 0 Å². The number of nitrogens with two attached hydrogens (primary N) is 1. The average Bonchev–Trinajstić information content (AvgIpc) is 2.65. The number of carbonyl (C=O) groups is 5. The monoisotopic (exact) mass is 464 g/mol. The van der Waals surface area contributed by atoms with Gasteiger partial charge < -0.3 is 37.0 Å². The lowest BCUT2D eigenvalue weighted by Gasteiger charge is -2.27. The Morgan fingerprint density at radius 3 is 1.87 bits per heavy atom. The highest BCUT2D eigenvalue weighted by atomic mass is 32.2. The fourth-order valence-corrected chi connectivity index (χ4v) is 2.95. The first kappa shape index (κ1) is 28.6. The van der Waals surface area contributed by atoms with E-state index in [1.165, 1.54) is 18.7 Å². The molecular weight excluding hydrogens is 432 g/mol. The van der Waals surface area contributed by atoms with Crippen LogP contribution in [0, 0.1) is 5.92 Å².